The second kappa shape index (κ2) is 23.2. The summed E-state index contributed by atoms with van der Waals surface area (Å²) in [7, 11) is 0. The van der Waals surface area contributed by atoms with E-state index in [9.17, 15) is 14.4 Å². The van der Waals surface area contributed by atoms with E-state index in [2.05, 4.69) is 34.0 Å². The summed E-state index contributed by atoms with van der Waals surface area (Å²) in [5.74, 6) is -1.01. The number of imidazole rings is 1. The fraction of sp³-hybridized carbons (Fsp3) is 0.743. The van der Waals surface area contributed by atoms with Crippen molar-refractivity contribution in [3.05, 3.63) is 28.8 Å². The number of hydrogen-bond acceptors (Lipinski definition) is 9. The maximum absolute atomic E-state index is 12.4. The first-order chi connectivity index (χ1) is 22.2. The lowest BCUT2D eigenvalue weighted by molar-refractivity contribution is -0.149. The average Bonchev–Trinajstić information content (AvgIpc) is 3.43. The van der Waals surface area contributed by atoms with Crippen LogP contribution in [-0.2, 0) is 25.6 Å². The number of aromatic nitrogens is 4. The van der Waals surface area contributed by atoms with E-state index in [1.165, 1.54) is 83.4 Å². The number of ether oxygens (including phenoxy) is 2. The van der Waals surface area contributed by atoms with Crippen molar-refractivity contribution in [1.82, 2.24) is 19.5 Å². The quantitative estimate of drug-likeness (QED) is 0.0581. The smallest absolute Gasteiger partial charge is 0.323 e. The molecule has 11 nitrogen and oxygen atoms in total. The van der Waals surface area contributed by atoms with Crippen molar-refractivity contribution in [2.45, 2.75) is 143 Å². The monoisotopic (exact) mass is 644 g/mol. The summed E-state index contributed by atoms with van der Waals surface area (Å²) < 4.78 is 12.7. The third kappa shape index (κ3) is 15.9. The van der Waals surface area contributed by atoms with Gasteiger partial charge >= 0.3 is 11.9 Å². The number of rotatable bonds is 26. The van der Waals surface area contributed by atoms with Gasteiger partial charge in [-0.1, -0.05) is 97.1 Å². The molecule has 0 aliphatic heterocycles. The van der Waals surface area contributed by atoms with Crippen LogP contribution in [0.1, 0.15) is 130 Å². The fourth-order valence-corrected chi connectivity index (χ4v) is 5.28. The Labute approximate surface area is 275 Å². The zero-order valence-corrected chi connectivity index (χ0v) is 28.6. The highest BCUT2D eigenvalue weighted by atomic mass is 16.5. The Morgan fingerprint density at radius 3 is 2.17 bits per heavy atom. The van der Waals surface area contributed by atoms with Gasteiger partial charge in [0.1, 0.15) is 6.04 Å². The zero-order chi connectivity index (χ0) is 33.6. The number of hydrogen-bond donors (Lipinski definition) is 3. The molecule has 0 aliphatic rings. The predicted octanol–water partition coefficient (Wildman–Crippen LogP) is 6.60. The van der Waals surface area contributed by atoms with Crippen molar-refractivity contribution in [1.29, 1.82) is 0 Å². The SMILES string of the molecule is CCCCCCCCC=CCCCCCCCCCC(=O)OCCC(COC(=O)[C@@H](N)C(C)C)Cn1cnc2c(=O)[nH]c(N)nc21. The van der Waals surface area contributed by atoms with Crippen molar-refractivity contribution in [3.63, 3.8) is 0 Å². The van der Waals surface area contributed by atoms with Crippen molar-refractivity contribution < 1.29 is 19.1 Å². The fourth-order valence-electron chi connectivity index (χ4n) is 5.28. The number of esters is 2. The van der Waals surface area contributed by atoms with Gasteiger partial charge in [-0.3, -0.25) is 19.4 Å². The number of allylic oxidation sites excluding steroid dienone is 2. The van der Waals surface area contributed by atoms with Crippen LogP contribution in [0, 0.1) is 11.8 Å². The highest BCUT2D eigenvalue weighted by Crippen LogP contribution is 2.16. The van der Waals surface area contributed by atoms with Gasteiger partial charge in [-0.25, -0.2) is 4.98 Å². The molecule has 0 spiro atoms. The number of H-pyrrole nitrogens is 1. The van der Waals surface area contributed by atoms with Crippen molar-refractivity contribution >= 4 is 29.1 Å². The van der Waals surface area contributed by atoms with Crippen LogP contribution >= 0.6 is 0 Å². The van der Waals surface area contributed by atoms with E-state index in [0.717, 1.165) is 19.3 Å². The number of carbonyl (C=O) groups is 2. The third-order valence-corrected chi connectivity index (χ3v) is 8.33. The molecule has 5 N–H and O–H groups in total. The highest BCUT2D eigenvalue weighted by Gasteiger charge is 2.22. The Morgan fingerprint density at radius 1 is 0.935 bits per heavy atom. The standard InChI is InChI=1S/C35H60N6O5/c1-4-5-6-7-8-9-10-11-12-13-14-15-16-17-18-19-20-21-29(42)45-23-22-28(25-46-34(44)30(36)27(2)3)24-41-26-38-31-32(41)39-35(37)40-33(31)43/h11-12,26-28,30H,4-10,13-25,36H2,1-3H3,(H3,37,39,40,43)/t28?,30-/m0/s1. The van der Waals surface area contributed by atoms with Crippen LogP contribution in [0.2, 0.25) is 0 Å². The molecule has 0 aromatic carbocycles. The van der Waals surface area contributed by atoms with Crippen LogP contribution in [-0.4, -0.2) is 50.7 Å². The van der Waals surface area contributed by atoms with Crippen LogP contribution in [0.3, 0.4) is 0 Å². The van der Waals surface area contributed by atoms with Crippen LogP contribution in [0.15, 0.2) is 23.3 Å². The van der Waals surface area contributed by atoms with Gasteiger partial charge in [0.2, 0.25) is 5.95 Å². The van der Waals surface area contributed by atoms with Gasteiger partial charge in [0.25, 0.3) is 5.56 Å². The number of anilines is 1. The molecule has 0 saturated heterocycles. The van der Waals surface area contributed by atoms with Gasteiger partial charge in [0.15, 0.2) is 11.2 Å². The molecular formula is C35H60N6O5. The maximum atomic E-state index is 12.4. The lowest BCUT2D eigenvalue weighted by Gasteiger charge is -2.20. The molecule has 0 radical (unpaired) electrons. The minimum absolute atomic E-state index is 0.0131. The first-order valence-electron chi connectivity index (χ1n) is 17.7. The van der Waals surface area contributed by atoms with Gasteiger partial charge < -0.3 is 25.5 Å². The number of nitrogen functional groups attached to an aromatic ring is 1. The van der Waals surface area contributed by atoms with Gasteiger partial charge in [-0.05, 0) is 44.4 Å². The summed E-state index contributed by atoms with van der Waals surface area (Å²) in [4.78, 5) is 47.7. The molecule has 0 aliphatic carbocycles. The third-order valence-electron chi connectivity index (χ3n) is 8.33. The molecule has 0 bridgehead atoms. The molecule has 46 heavy (non-hydrogen) atoms. The molecule has 11 heteroatoms. The Kier molecular flexibility index (Phi) is 19.6. The first kappa shape index (κ1) is 39.0. The first-order valence-corrected chi connectivity index (χ1v) is 17.7. The number of carbonyl (C=O) groups excluding carboxylic acids is 2. The Morgan fingerprint density at radius 2 is 1.54 bits per heavy atom. The van der Waals surface area contributed by atoms with E-state index in [0.29, 0.717) is 25.0 Å². The molecular weight excluding hydrogens is 584 g/mol. The van der Waals surface area contributed by atoms with Crippen LogP contribution in [0.4, 0.5) is 5.95 Å². The van der Waals surface area contributed by atoms with E-state index in [4.69, 9.17) is 20.9 Å². The number of aromatic amines is 1. The van der Waals surface area contributed by atoms with E-state index in [1.54, 1.807) is 4.57 Å². The molecule has 2 heterocycles. The largest absolute Gasteiger partial charge is 0.466 e. The number of nitrogens with two attached hydrogens (primary N) is 2. The van der Waals surface area contributed by atoms with Gasteiger partial charge in [-0.2, -0.15) is 4.98 Å². The van der Waals surface area contributed by atoms with E-state index in [-0.39, 0.29) is 42.5 Å². The maximum Gasteiger partial charge on any atom is 0.323 e. The molecule has 0 saturated carbocycles. The van der Waals surface area contributed by atoms with Gasteiger partial charge in [-0.15, -0.1) is 0 Å². The number of nitrogens with zero attached hydrogens (tertiary/aromatic N) is 3. The molecule has 1 unspecified atom stereocenters. The summed E-state index contributed by atoms with van der Waals surface area (Å²) in [6, 6.07) is -0.728. The van der Waals surface area contributed by atoms with Gasteiger partial charge in [0.05, 0.1) is 19.5 Å². The normalized spacial score (nSPS) is 13.1. The molecule has 0 amide bonds. The number of fused-ring (bicyclic) bond motifs is 1. The Balaban J connectivity index is 1.63. The molecule has 2 aromatic rings. The average molecular weight is 645 g/mol. The predicted molar refractivity (Wildman–Crippen MR) is 184 cm³/mol. The summed E-state index contributed by atoms with van der Waals surface area (Å²) in [6.07, 6.45) is 25.5. The van der Waals surface area contributed by atoms with Crippen molar-refractivity contribution in [2.24, 2.45) is 17.6 Å². The second-order valence-electron chi connectivity index (χ2n) is 12.8. The van der Waals surface area contributed by atoms with Crippen molar-refractivity contribution in [3.8, 4) is 0 Å². The molecule has 2 atom stereocenters. The second-order valence-corrected chi connectivity index (χ2v) is 12.8. The van der Waals surface area contributed by atoms with Crippen LogP contribution < -0.4 is 17.0 Å². The summed E-state index contributed by atoms with van der Waals surface area (Å²) in [6.45, 7) is 6.56. The minimum atomic E-state index is -0.728. The Bertz CT molecular complexity index is 1220. The minimum Gasteiger partial charge on any atom is -0.466 e. The summed E-state index contributed by atoms with van der Waals surface area (Å²) >= 11 is 0. The van der Waals surface area contributed by atoms with Crippen molar-refractivity contribution in [2.75, 3.05) is 18.9 Å². The molecule has 2 rings (SSSR count). The van der Waals surface area contributed by atoms with Crippen LogP contribution in [0.5, 0.6) is 0 Å². The van der Waals surface area contributed by atoms with E-state index in [1.807, 2.05) is 13.8 Å². The summed E-state index contributed by atoms with van der Waals surface area (Å²) in [5.41, 5.74) is 11.7. The van der Waals surface area contributed by atoms with E-state index < -0.39 is 17.6 Å². The number of nitrogens with one attached hydrogen (secondary N) is 1. The molecule has 0 fully saturated rings. The highest BCUT2D eigenvalue weighted by molar-refractivity contribution is 5.75. The Hall–Kier alpha value is -3.21. The van der Waals surface area contributed by atoms with E-state index >= 15 is 0 Å². The molecule has 260 valence electrons. The summed E-state index contributed by atoms with van der Waals surface area (Å²) in [5, 5.41) is 0. The topological polar surface area (TPSA) is 168 Å². The number of unbranched alkanes of at least 4 members (excludes halogenated alkanes) is 13. The van der Waals surface area contributed by atoms with Gasteiger partial charge in [0, 0.05) is 18.9 Å². The van der Waals surface area contributed by atoms with Crippen LogP contribution in [0.25, 0.3) is 11.2 Å². The molecule has 2 aromatic heterocycles. The zero-order valence-electron chi connectivity index (χ0n) is 28.6. The lowest BCUT2D eigenvalue weighted by atomic mass is 10.1. The lowest BCUT2D eigenvalue weighted by Crippen LogP contribution is -2.38.